The van der Waals surface area contributed by atoms with Gasteiger partial charge >= 0.3 is 26.5 Å². The van der Waals surface area contributed by atoms with Crippen LogP contribution in [0.3, 0.4) is 0 Å². The number of phosphoric acid groups is 1. The van der Waals surface area contributed by atoms with E-state index >= 15 is 8.78 Å². The largest absolute Gasteiger partial charge is 0.514 e. The van der Waals surface area contributed by atoms with Crippen molar-refractivity contribution in [3.63, 3.8) is 0 Å². The molecule has 2 aliphatic rings. The first-order chi connectivity index (χ1) is 26.5. The third kappa shape index (κ3) is 10.1. The summed E-state index contributed by atoms with van der Waals surface area (Å²) in [5.41, 5.74) is 4.79. The van der Waals surface area contributed by atoms with Crippen molar-refractivity contribution in [3.8, 4) is 5.75 Å². The number of nitrogens with two attached hydrogens (primary N) is 1. The molecule has 26 heteroatoms. The molecule has 0 spiro atoms. The molecule has 2 saturated heterocycles. The van der Waals surface area contributed by atoms with Gasteiger partial charge in [-0.2, -0.15) is 0 Å². The lowest BCUT2D eigenvalue weighted by molar-refractivity contribution is -0.0569. The summed E-state index contributed by atoms with van der Waals surface area (Å²) in [5.74, 6) is 0.153. The Morgan fingerprint density at radius 1 is 1.05 bits per heavy atom. The standard InChI is InChI=1S/C30H35F2N7O14P2S/c1-15(2)49-30(42)51-17-5-3-16(4-6-17)12-56-55(45,46)48-11-20-22(32)24(28(52-20)38-8-7-21(40)37-29(38)41)53-54(43,44)47-10-18-9-19(31)27(50-18)39-14-36-23-25(33)34-13-35-26(23)39/h3-8,13-15,18-20,22,24,27-28H,9-12H2,1-2H3,(H,43,44)(H,45,46)(H2,33,34,35)(H,37,40,41)/t18-,19+,20+,22+,24+,27+,28+/m0/s1. The number of halogens is 2. The molecule has 4 aromatic rings. The molecule has 0 radical (unpaired) electrons. The Bertz CT molecular complexity index is 2250. The molecule has 0 saturated carbocycles. The normalized spacial score (nSPS) is 25.9. The number of carbonyl (C=O) groups excluding carboxylic acids is 1. The number of fused-ring (bicyclic) bond motifs is 1. The third-order valence-corrected chi connectivity index (χ3v) is 12.0. The van der Waals surface area contributed by atoms with Crippen LogP contribution in [-0.2, 0) is 42.7 Å². The number of H-pyrrole nitrogens is 1. The fourth-order valence-electron chi connectivity index (χ4n) is 5.59. The fraction of sp³-hybridized carbons (Fsp3) is 0.467. The number of hydrogen-bond acceptors (Lipinski definition) is 17. The van der Waals surface area contributed by atoms with Crippen LogP contribution in [0.4, 0.5) is 19.4 Å². The molecule has 3 aromatic heterocycles. The van der Waals surface area contributed by atoms with Gasteiger partial charge < -0.3 is 34.5 Å². The van der Waals surface area contributed by atoms with Gasteiger partial charge in [0.2, 0.25) is 0 Å². The fourth-order valence-corrected chi connectivity index (χ4v) is 8.79. The highest BCUT2D eigenvalue weighted by atomic mass is 32.7. The Morgan fingerprint density at radius 2 is 1.80 bits per heavy atom. The summed E-state index contributed by atoms with van der Waals surface area (Å²) in [5, 5.41) is 0. The Hall–Kier alpha value is -4.09. The number of hydrogen-bond donors (Lipinski definition) is 4. The van der Waals surface area contributed by atoms with E-state index in [4.69, 9.17) is 38.3 Å². The van der Waals surface area contributed by atoms with Crippen LogP contribution in [-0.4, -0.2) is 95.0 Å². The second kappa shape index (κ2) is 17.2. The van der Waals surface area contributed by atoms with Gasteiger partial charge in [-0.1, -0.05) is 12.1 Å². The number of carbonyl (C=O) groups is 1. The van der Waals surface area contributed by atoms with E-state index in [0.29, 0.717) is 21.5 Å². The molecule has 2 aliphatic heterocycles. The first-order valence-corrected chi connectivity index (χ1v) is 21.2. The molecule has 0 bridgehead atoms. The molecule has 56 heavy (non-hydrogen) atoms. The van der Waals surface area contributed by atoms with Crippen LogP contribution in [0.25, 0.3) is 11.2 Å². The molecule has 5 heterocycles. The van der Waals surface area contributed by atoms with Crippen molar-refractivity contribution in [1.29, 1.82) is 0 Å². The van der Waals surface area contributed by atoms with Crippen molar-refractivity contribution >= 4 is 49.1 Å². The van der Waals surface area contributed by atoms with Crippen molar-refractivity contribution in [1.82, 2.24) is 29.1 Å². The molecule has 2 fully saturated rings. The molecule has 0 amide bonds. The van der Waals surface area contributed by atoms with Crippen molar-refractivity contribution in [3.05, 3.63) is 75.6 Å². The van der Waals surface area contributed by atoms with Crippen LogP contribution in [0, 0.1) is 0 Å². The number of imidazole rings is 1. The zero-order valence-corrected chi connectivity index (χ0v) is 31.8. The number of rotatable bonds is 15. The van der Waals surface area contributed by atoms with E-state index in [-0.39, 0.29) is 41.0 Å². The lowest BCUT2D eigenvalue weighted by Crippen LogP contribution is -2.37. The third-order valence-electron chi connectivity index (χ3n) is 8.11. The minimum atomic E-state index is -5.25. The molecule has 9 atom stereocenters. The number of anilines is 1. The van der Waals surface area contributed by atoms with Crippen LogP contribution in [0.1, 0.15) is 38.3 Å². The number of nitrogens with one attached hydrogen (secondary N) is 1. The average molecular weight is 850 g/mol. The lowest BCUT2D eigenvalue weighted by atomic mass is 10.1. The van der Waals surface area contributed by atoms with Crippen molar-refractivity contribution < 1.29 is 65.0 Å². The minimum Gasteiger partial charge on any atom is -0.431 e. The van der Waals surface area contributed by atoms with E-state index in [2.05, 4.69) is 15.0 Å². The molecule has 21 nitrogen and oxygen atoms in total. The minimum absolute atomic E-state index is 0.0568. The predicted molar refractivity (Wildman–Crippen MR) is 190 cm³/mol. The van der Waals surface area contributed by atoms with Crippen molar-refractivity contribution in [2.24, 2.45) is 0 Å². The van der Waals surface area contributed by atoms with E-state index in [1.807, 2.05) is 4.98 Å². The Balaban J connectivity index is 1.07. The van der Waals surface area contributed by atoms with E-state index in [0.717, 1.165) is 18.6 Å². The number of alkyl halides is 2. The number of phosphoric ester groups is 1. The Kier molecular flexibility index (Phi) is 12.7. The quantitative estimate of drug-likeness (QED) is 0.0758. The van der Waals surface area contributed by atoms with Crippen molar-refractivity contribution in [2.75, 3.05) is 18.9 Å². The predicted octanol–water partition coefficient (Wildman–Crippen LogP) is 3.30. The molecule has 6 rings (SSSR count). The summed E-state index contributed by atoms with van der Waals surface area (Å²) < 4.78 is 95.6. The molecule has 304 valence electrons. The average Bonchev–Trinajstić information content (AvgIpc) is 3.81. The maximum atomic E-state index is 16.0. The number of benzene rings is 1. The van der Waals surface area contributed by atoms with Gasteiger partial charge in [0.25, 0.3) is 5.56 Å². The molecule has 1 aromatic carbocycles. The maximum Gasteiger partial charge on any atom is 0.514 e. The van der Waals surface area contributed by atoms with Gasteiger partial charge in [0, 0.05) is 24.4 Å². The summed E-state index contributed by atoms with van der Waals surface area (Å²) >= 11 is 0.468. The highest BCUT2D eigenvalue weighted by Crippen LogP contribution is 2.58. The number of nitrogen functional groups attached to an aromatic ring is 1. The summed E-state index contributed by atoms with van der Waals surface area (Å²) in [6, 6.07) is 6.82. The first kappa shape index (κ1) is 41.5. The van der Waals surface area contributed by atoms with Crippen LogP contribution in [0.5, 0.6) is 5.75 Å². The van der Waals surface area contributed by atoms with Gasteiger partial charge in [-0.15, -0.1) is 0 Å². The topological polar surface area (TPSA) is 281 Å². The highest BCUT2D eigenvalue weighted by Gasteiger charge is 2.51. The van der Waals surface area contributed by atoms with E-state index < -0.39 is 88.3 Å². The zero-order chi connectivity index (χ0) is 40.4. The summed E-state index contributed by atoms with van der Waals surface area (Å²) in [6.07, 6.45) is -10.3. The van der Waals surface area contributed by atoms with Gasteiger partial charge in [0.05, 0.1) is 31.7 Å². The van der Waals surface area contributed by atoms with Crippen LogP contribution in [0.15, 0.2) is 58.8 Å². The smallest absolute Gasteiger partial charge is 0.431 e. The second-order valence-corrected chi connectivity index (χ2v) is 17.9. The van der Waals surface area contributed by atoms with Gasteiger partial charge in [0.1, 0.15) is 36.0 Å². The van der Waals surface area contributed by atoms with E-state index in [1.54, 1.807) is 13.8 Å². The number of nitrogens with zero attached hydrogens (tertiary/aromatic N) is 5. The van der Waals surface area contributed by atoms with Gasteiger partial charge in [0.15, 0.2) is 30.1 Å². The molecule has 5 N–H and O–H groups in total. The van der Waals surface area contributed by atoms with Gasteiger partial charge in [-0.3, -0.25) is 32.5 Å². The number of aromatic amines is 1. The molecule has 0 aliphatic carbocycles. The zero-order valence-electron chi connectivity index (χ0n) is 29.2. The van der Waals surface area contributed by atoms with Gasteiger partial charge in [-0.25, -0.2) is 42.5 Å². The lowest BCUT2D eigenvalue weighted by Gasteiger charge is -2.24. The number of ether oxygens (including phenoxy) is 4. The van der Waals surface area contributed by atoms with E-state index in [9.17, 15) is 33.3 Å². The van der Waals surface area contributed by atoms with Crippen LogP contribution >= 0.6 is 26.0 Å². The summed E-state index contributed by atoms with van der Waals surface area (Å²) in [7, 11) is -5.25. The molecule has 2 unspecified atom stereocenters. The Morgan fingerprint density at radius 3 is 2.52 bits per heavy atom. The highest BCUT2D eigenvalue weighted by molar-refractivity contribution is 8.54. The number of aromatic nitrogens is 6. The second-order valence-electron chi connectivity index (χ2n) is 12.5. The first-order valence-electron chi connectivity index (χ1n) is 16.6. The monoisotopic (exact) mass is 849 g/mol. The summed E-state index contributed by atoms with van der Waals surface area (Å²) in [4.78, 5) is 71.0. The van der Waals surface area contributed by atoms with Crippen LogP contribution < -0.4 is 21.7 Å². The Labute approximate surface area is 318 Å². The molecular formula is C30H35F2N7O14P2S. The SMILES string of the molecule is CC(C)OC(=O)Oc1ccc(CSP(=O)(O)OC[C@H]2O[C@@H](n3ccc(=O)[nH]c3=O)[C@H](OP(=O)(O)OC[C@@H]3C[C@@H](F)[C@H](n4cnc5c(N)ncnc54)O3)[C@@H]2F)cc1. The van der Waals surface area contributed by atoms with Gasteiger partial charge in [-0.05, 0) is 42.9 Å². The molecular weight excluding hydrogens is 814 g/mol. The maximum absolute atomic E-state index is 16.0. The van der Waals surface area contributed by atoms with Crippen molar-refractivity contribution in [2.45, 2.75) is 75.2 Å². The van der Waals surface area contributed by atoms with E-state index in [1.165, 1.54) is 35.2 Å². The van der Waals surface area contributed by atoms with Crippen LogP contribution in [0.2, 0.25) is 0 Å². The summed E-state index contributed by atoms with van der Waals surface area (Å²) in [6.45, 7) is -2.81.